The second-order valence-electron chi connectivity index (χ2n) is 3.65. The van der Waals surface area contributed by atoms with Gasteiger partial charge < -0.3 is 4.42 Å². The molecule has 76 valence electrons. The molecule has 1 aromatic heterocycles. The third-order valence-electron chi connectivity index (χ3n) is 1.99. The Bertz CT molecular complexity index is 464. The molecular formula is C13H13NO. The van der Waals surface area contributed by atoms with Crippen molar-refractivity contribution in [2.75, 3.05) is 0 Å². The largest absolute Gasteiger partial charge is 0.437 e. The van der Waals surface area contributed by atoms with Crippen molar-refractivity contribution >= 4 is 6.08 Å². The van der Waals surface area contributed by atoms with Crippen molar-refractivity contribution in [1.29, 1.82) is 0 Å². The van der Waals surface area contributed by atoms with E-state index in [9.17, 15) is 0 Å². The van der Waals surface area contributed by atoms with Gasteiger partial charge in [0.1, 0.15) is 0 Å². The maximum absolute atomic E-state index is 5.59. The van der Waals surface area contributed by atoms with Crippen molar-refractivity contribution in [2.45, 2.75) is 13.8 Å². The summed E-state index contributed by atoms with van der Waals surface area (Å²) < 4.78 is 5.59. The van der Waals surface area contributed by atoms with Gasteiger partial charge in [0.15, 0.2) is 5.76 Å². The first-order chi connectivity index (χ1) is 7.25. The van der Waals surface area contributed by atoms with Crippen LogP contribution >= 0.6 is 0 Å². The predicted octanol–water partition coefficient (Wildman–Crippen LogP) is 3.76. The summed E-state index contributed by atoms with van der Waals surface area (Å²) in [5, 5.41) is 0. The molecule has 0 saturated carbocycles. The van der Waals surface area contributed by atoms with E-state index in [2.05, 4.69) is 4.98 Å². The van der Waals surface area contributed by atoms with Crippen molar-refractivity contribution in [3.8, 4) is 11.3 Å². The monoisotopic (exact) mass is 199 g/mol. The van der Waals surface area contributed by atoms with E-state index in [0.717, 1.165) is 11.3 Å². The molecule has 1 heterocycles. The first-order valence-electron chi connectivity index (χ1n) is 4.92. The fourth-order valence-corrected chi connectivity index (χ4v) is 1.34. The van der Waals surface area contributed by atoms with Crippen LogP contribution in [0.4, 0.5) is 0 Å². The molecule has 0 aliphatic rings. The normalized spacial score (nSPS) is 10.0. The van der Waals surface area contributed by atoms with Crippen molar-refractivity contribution in [1.82, 2.24) is 4.98 Å². The smallest absolute Gasteiger partial charge is 0.219 e. The van der Waals surface area contributed by atoms with Gasteiger partial charge in [0.05, 0.1) is 6.20 Å². The van der Waals surface area contributed by atoms with Gasteiger partial charge in [-0.2, -0.15) is 0 Å². The Morgan fingerprint density at radius 3 is 2.60 bits per heavy atom. The lowest BCUT2D eigenvalue weighted by Gasteiger charge is -1.93. The van der Waals surface area contributed by atoms with Crippen LogP contribution < -0.4 is 0 Å². The number of hydrogen-bond acceptors (Lipinski definition) is 2. The molecule has 2 nitrogen and oxygen atoms in total. The fraction of sp³-hybridized carbons (Fsp3) is 0.154. The number of oxazole rings is 1. The van der Waals surface area contributed by atoms with Gasteiger partial charge in [0.2, 0.25) is 5.89 Å². The maximum Gasteiger partial charge on any atom is 0.219 e. The molecule has 2 heteroatoms. The number of aromatic nitrogens is 1. The summed E-state index contributed by atoms with van der Waals surface area (Å²) in [5.41, 5.74) is 2.23. The van der Waals surface area contributed by atoms with E-state index in [-0.39, 0.29) is 0 Å². The lowest BCUT2D eigenvalue weighted by Crippen LogP contribution is -1.70. The zero-order valence-corrected chi connectivity index (χ0v) is 8.90. The molecule has 2 aromatic rings. The zero-order valence-electron chi connectivity index (χ0n) is 8.90. The Morgan fingerprint density at radius 2 is 1.93 bits per heavy atom. The van der Waals surface area contributed by atoms with Crippen LogP contribution in [0.25, 0.3) is 17.4 Å². The van der Waals surface area contributed by atoms with Crippen molar-refractivity contribution < 1.29 is 4.42 Å². The van der Waals surface area contributed by atoms with Gasteiger partial charge in [-0.25, -0.2) is 4.98 Å². The van der Waals surface area contributed by atoms with Crippen LogP contribution in [0, 0.1) is 0 Å². The standard InChI is InChI=1S/C13H13NO/c1-10(2)8-13-14-9-12(15-13)11-6-4-3-5-7-11/h3-9H,1-2H3. The highest BCUT2D eigenvalue weighted by Gasteiger charge is 2.03. The predicted molar refractivity (Wildman–Crippen MR) is 61.3 cm³/mol. The number of allylic oxidation sites excluding steroid dienone is 1. The average Bonchev–Trinajstić information content (AvgIpc) is 2.67. The summed E-state index contributed by atoms with van der Waals surface area (Å²) in [4.78, 5) is 4.19. The zero-order chi connectivity index (χ0) is 10.7. The summed E-state index contributed by atoms with van der Waals surface area (Å²) in [6.07, 6.45) is 3.68. The van der Waals surface area contributed by atoms with Crippen molar-refractivity contribution in [3.63, 3.8) is 0 Å². The topological polar surface area (TPSA) is 26.0 Å². The molecule has 0 aliphatic heterocycles. The molecule has 0 bridgehead atoms. The van der Waals surface area contributed by atoms with Gasteiger partial charge in [-0.3, -0.25) is 0 Å². The molecule has 0 N–H and O–H groups in total. The van der Waals surface area contributed by atoms with Crippen molar-refractivity contribution in [3.05, 3.63) is 48.0 Å². The van der Waals surface area contributed by atoms with E-state index in [1.165, 1.54) is 5.57 Å². The number of benzene rings is 1. The highest BCUT2D eigenvalue weighted by Crippen LogP contribution is 2.20. The van der Waals surface area contributed by atoms with Gasteiger partial charge in [0.25, 0.3) is 0 Å². The third-order valence-corrected chi connectivity index (χ3v) is 1.99. The lowest BCUT2D eigenvalue weighted by molar-refractivity contribution is 0.560. The van der Waals surface area contributed by atoms with E-state index in [0.29, 0.717) is 5.89 Å². The third kappa shape index (κ3) is 2.34. The minimum Gasteiger partial charge on any atom is -0.437 e. The summed E-state index contributed by atoms with van der Waals surface area (Å²) in [6.45, 7) is 4.04. The number of hydrogen-bond donors (Lipinski definition) is 0. The van der Waals surface area contributed by atoms with Gasteiger partial charge in [0, 0.05) is 5.56 Å². The Balaban J connectivity index is 2.32. The summed E-state index contributed by atoms with van der Waals surface area (Å²) in [5.74, 6) is 1.47. The number of rotatable bonds is 2. The SMILES string of the molecule is CC(C)=Cc1ncc(-c2ccccc2)o1. The van der Waals surface area contributed by atoms with Gasteiger partial charge in [-0.05, 0) is 19.9 Å². The first kappa shape index (κ1) is 9.71. The first-order valence-corrected chi connectivity index (χ1v) is 4.92. The molecule has 2 rings (SSSR count). The lowest BCUT2D eigenvalue weighted by atomic mass is 10.2. The Hall–Kier alpha value is -1.83. The average molecular weight is 199 g/mol. The highest BCUT2D eigenvalue weighted by molar-refractivity contribution is 5.57. The number of nitrogens with zero attached hydrogens (tertiary/aromatic N) is 1. The van der Waals surface area contributed by atoms with Crippen molar-refractivity contribution in [2.24, 2.45) is 0 Å². The second kappa shape index (κ2) is 4.13. The van der Waals surface area contributed by atoms with Crippen LogP contribution in [0.15, 0.2) is 46.5 Å². The van der Waals surface area contributed by atoms with E-state index >= 15 is 0 Å². The molecule has 0 amide bonds. The summed E-state index contributed by atoms with van der Waals surface area (Å²) in [6, 6.07) is 9.97. The minimum atomic E-state index is 0.661. The molecule has 0 aliphatic carbocycles. The van der Waals surface area contributed by atoms with Crippen LogP contribution in [0.1, 0.15) is 19.7 Å². The minimum absolute atomic E-state index is 0.661. The summed E-state index contributed by atoms with van der Waals surface area (Å²) in [7, 11) is 0. The van der Waals surface area contributed by atoms with Crippen LogP contribution in [-0.2, 0) is 0 Å². The summed E-state index contributed by atoms with van der Waals surface area (Å²) >= 11 is 0. The molecule has 15 heavy (non-hydrogen) atoms. The van der Waals surface area contributed by atoms with E-state index < -0.39 is 0 Å². The Kier molecular flexibility index (Phi) is 2.68. The van der Waals surface area contributed by atoms with Gasteiger partial charge in [-0.1, -0.05) is 35.9 Å². The second-order valence-corrected chi connectivity index (χ2v) is 3.65. The highest BCUT2D eigenvalue weighted by atomic mass is 16.4. The Morgan fingerprint density at radius 1 is 1.20 bits per heavy atom. The Labute approximate surface area is 89.3 Å². The molecule has 0 unspecified atom stereocenters. The van der Waals surface area contributed by atoms with Crippen LogP contribution in [-0.4, -0.2) is 4.98 Å². The molecule has 0 atom stereocenters. The van der Waals surface area contributed by atoms with Crippen LogP contribution in [0.3, 0.4) is 0 Å². The molecule has 0 spiro atoms. The molecule has 0 saturated heterocycles. The molecule has 1 aromatic carbocycles. The molecule has 0 fully saturated rings. The van der Waals surface area contributed by atoms with E-state index in [1.54, 1.807) is 6.20 Å². The van der Waals surface area contributed by atoms with Gasteiger partial charge >= 0.3 is 0 Å². The van der Waals surface area contributed by atoms with Crippen LogP contribution in [0.5, 0.6) is 0 Å². The van der Waals surface area contributed by atoms with E-state index in [4.69, 9.17) is 4.42 Å². The van der Waals surface area contributed by atoms with E-state index in [1.807, 2.05) is 50.3 Å². The molecular weight excluding hydrogens is 186 g/mol. The van der Waals surface area contributed by atoms with Gasteiger partial charge in [-0.15, -0.1) is 0 Å². The quantitative estimate of drug-likeness (QED) is 0.735. The maximum atomic E-state index is 5.59. The fourth-order valence-electron chi connectivity index (χ4n) is 1.34. The molecule has 0 radical (unpaired) electrons. The van der Waals surface area contributed by atoms with Crippen LogP contribution in [0.2, 0.25) is 0 Å².